The third-order valence-corrected chi connectivity index (χ3v) is 4.30. The molecule has 9 heteroatoms. The lowest BCUT2D eigenvalue weighted by Crippen LogP contribution is -2.47. The monoisotopic (exact) mass is 356 g/mol. The van der Waals surface area contributed by atoms with Gasteiger partial charge in [0, 0.05) is 12.1 Å². The molecule has 0 aromatic heterocycles. The zero-order chi connectivity index (χ0) is 17.6. The number of carbonyl (C=O) groups is 2. The highest BCUT2D eigenvalue weighted by atomic mass is 32.2. The van der Waals surface area contributed by atoms with Crippen molar-refractivity contribution >= 4 is 27.6 Å². The van der Waals surface area contributed by atoms with E-state index in [1.54, 1.807) is 24.3 Å². The topological polar surface area (TPSA) is 122 Å². The predicted octanol–water partition coefficient (Wildman–Crippen LogP) is 0.950. The van der Waals surface area contributed by atoms with Crippen LogP contribution in [0.25, 0.3) is 0 Å². The highest BCUT2D eigenvalue weighted by Crippen LogP contribution is 2.18. The molecule has 1 unspecified atom stereocenters. The lowest BCUT2D eigenvalue weighted by molar-refractivity contribution is -0.133. The smallest absolute Gasteiger partial charge is 0.264 e. The number of amides is 2. The first-order chi connectivity index (χ1) is 11.3. The molecule has 132 valence electrons. The molecule has 1 heterocycles. The van der Waals surface area contributed by atoms with E-state index >= 15 is 0 Å². The fourth-order valence-corrected chi connectivity index (χ4v) is 2.83. The second-order valence-electron chi connectivity index (χ2n) is 5.51. The van der Waals surface area contributed by atoms with E-state index in [2.05, 4.69) is 10.6 Å². The number of carbonyl (C=O) groups excluding carboxylic acids is 2. The van der Waals surface area contributed by atoms with E-state index in [-0.39, 0.29) is 17.6 Å². The standard InChI is InChI=1S/C15H20N2O6S/c18-14-8-7-13(15(19)17-14)16-11-3-5-12(6-4-11)23-9-1-2-10-24(20,21)22/h3-6,13,16H,1-2,7-10H2,(H,17,18,19)(H,20,21,22). The molecule has 2 rings (SSSR count). The minimum Gasteiger partial charge on any atom is -0.494 e. The zero-order valence-corrected chi connectivity index (χ0v) is 13.8. The Labute approximate surface area is 140 Å². The number of hydrogen-bond donors (Lipinski definition) is 3. The number of piperidine rings is 1. The summed E-state index contributed by atoms with van der Waals surface area (Å²) in [6, 6.07) is 6.55. The second-order valence-corrected chi connectivity index (χ2v) is 7.09. The van der Waals surface area contributed by atoms with Gasteiger partial charge in [-0.05, 0) is 43.5 Å². The van der Waals surface area contributed by atoms with Crippen LogP contribution >= 0.6 is 0 Å². The molecule has 1 aromatic rings. The molecule has 1 aliphatic rings. The van der Waals surface area contributed by atoms with Gasteiger partial charge in [-0.25, -0.2) is 0 Å². The van der Waals surface area contributed by atoms with Crippen LogP contribution in [0.15, 0.2) is 24.3 Å². The average molecular weight is 356 g/mol. The molecule has 1 fully saturated rings. The zero-order valence-electron chi connectivity index (χ0n) is 13.0. The van der Waals surface area contributed by atoms with Crippen LogP contribution in [-0.2, 0) is 19.7 Å². The molecule has 0 saturated carbocycles. The van der Waals surface area contributed by atoms with Crippen molar-refractivity contribution in [2.75, 3.05) is 17.7 Å². The number of imide groups is 1. The van der Waals surface area contributed by atoms with E-state index in [0.717, 1.165) is 5.69 Å². The quantitative estimate of drug-likeness (QED) is 0.360. The maximum Gasteiger partial charge on any atom is 0.264 e. The van der Waals surface area contributed by atoms with Crippen LogP contribution in [0.1, 0.15) is 25.7 Å². The van der Waals surface area contributed by atoms with Crippen molar-refractivity contribution in [3.63, 3.8) is 0 Å². The molecular formula is C15H20N2O6S. The highest BCUT2D eigenvalue weighted by molar-refractivity contribution is 7.85. The summed E-state index contributed by atoms with van der Waals surface area (Å²) in [6.07, 6.45) is 1.61. The van der Waals surface area contributed by atoms with E-state index in [1.165, 1.54) is 0 Å². The van der Waals surface area contributed by atoms with Crippen molar-refractivity contribution in [1.29, 1.82) is 0 Å². The summed E-state index contributed by atoms with van der Waals surface area (Å²) in [5.74, 6) is -0.234. The Morgan fingerprint density at radius 2 is 1.92 bits per heavy atom. The summed E-state index contributed by atoms with van der Waals surface area (Å²) in [6.45, 7) is 0.343. The van der Waals surface area contributed by atoms with Gasteiger partial charge in [0.25, 0.3) is 10.1 Å². The van der Waals surface area contributed by atoms with Crippen LogP contribution in [-0.4, -0.2) is 43.2 Å². The fraction of sp³-hybridized carbons (Fsp3) is 0.467. The van der Waals surface area contributed by atoms with Crippen molar-refractivity contribution in [2.45, 2.75) is 31.7 Å². The van der Waals surface area contributed by atoms with Crippen LogP contribution < -0.4 is 15.4 Å². The van der Waals surface area contributed by atoms with E-state index in [0.29, 0.717) is 38.0 Å². The maximum atomic E-state index is 11.7. The van der Waals surface area contributed by atoms with Crippen molar-refractivity contribution < 1.29 is 27.3 Å². The lowest BCUT2D eigenvalue weighted by atomic mass is 10.1. The van der Waals surface area contributed by atoms with E-state index in [4.69, 9.17) is 9.29 Å². The van der Waals surface area contributed by atoms with Gasteiger partial charge < -0.3 is 10.1 Å². The Morgan fingerprint density at radius 1 is 1.21 bits per heavy atom. The minimum absolute atomic E-state index is 0.254. The molecule has 0 spiro atoms. The summed E-state index contributed by atoms with van der Waals surface area (Å²) in [5.41, 5.74) is 0.739. The molecule has 24 heavy (non-hydrogen) atoms. The van der Waals surface area contributed by atoms with Crippen LogP contribution in [0.4, 0.5) is 5.69 Å². The third-order valence-electron chi connectivity index (χ3n) is 3.50. The summed E-state index contributed by atoms with van der Waals surface area (Å²) >= 11 is 0. The van der Waals surface area contributed by atoms with Gasteiger partial charge in [0.15, 0.2) is 0 Å². The van der Waals surface area contributed by atoms with Gasteiger partial charge in [0.05, 0.1) is 12.4 Å². The van der Waals surface area contributed by atoms with Gasteiger partial charge in [0.1, 0.15) is 11.8 Å². The first-order valence-electron chi connectivity index (χ1n) is 7.62. The molecule has 0 bridgehead atoms. The largest absolute Gasteiger partial charge is 0.494 e. The predicted molar refractivity (Wildman–Crippen MR) is 87.4 cm³/mol. The Balaban J connectivity index is 1.74. The number of benzene rings is 1. The number of hydrogen-bond acceptors (Lipinski definition) is 6. The second kappa shape index (κ2) is 8.11. The number of anilines is 1. The lowest BCUT2D eigenvalue weighted by Gasteiger charge is -2.22. The normalized spacial score (nSPS) is 18.1. The number of nitrogens with one attached hydrogen (secondary N) is 2. The van der Waals surface area contributed by atoms with Crippen LogP contribution in [0.5, 0.6) is 5.75 Å². The van der Waals surface area contributed by atoms with Crippen molar-refractivity contribution in [3.8, 4) is 5.75 Å². The Kier molecular flexibility index (Phi) is 6.16. The van der Waals surface area contributed by atoms with Crippen LogP contribution in [0, 0.1) is 0 Å². The SMILES string of the molecule is O=C1CCC(Nc2ccc(OCCCCS(=O)(=O)O)cc2)C(=O)N1. The summed E-state index contributed by atoms with van der Waals surface area (Å²) in [4.78, 5) is 22.8. The molecule has 2 amide bonds. The van der Waals surface area contributed by atoms with E-state index in [9.17, 15) is 18.0 Å². The Bertz CT molecular complexity index is 686. The third kappa shape index (κ3) is 6.17. The molecule has 3 N–H and O–H groups in total. The first-order valence-corrected chi connectivity index (χ1v) is 9.23. The maximum absolute atomic E-state index is 11.7. The van der Waals surface area contributed by atoms with Gasteiger partial charge in [0.2, 0.25) is 11.8 Å². The summed E-state index contributed by atoms with van der Waals surface area (Å²) < 4.78 is 35.2. The molecule has 0 radical (unpaired) electrons. The molecule has 1 aromatic carbocycles. The molecule has 1 aliphatic heterocycles. The average Bonchev–Trinajstić information content (AvgIpc) is 2.50. The van der Waals surface area contributed by atoms with Crippen molar-refractivity contribution in [2.24, 2.45) is 0 Å². The number of unbranched alkanes of at least 4 members (excludes halogenated alkanes) is 1. The van der Waals surface area contributed by atoms with Gasteiger partial charge >= 0.3 is 0 Å². The van der Waals surface area contributed by atoms with Gasteiger partial charge in [-0.1, -0.05) is 0 Å². The Morgan fingerprint density at radius 3 is 2.54 bits per heavy atom. The summed E-state index contributed by atoms with van der Waals surface area (Å²) in [5, 5.41) is 5.34. The van der Waals surface area contributed by atoms with Crippen LogP contribution in [0.2, 0.25) is 0 Å². The molecule has 1 atom stereocenters. The number of ether oxygens (including phenoxy) is 1. The highest BCUT2D eigenvalue weighted by Gasteiger charge is 2.26. The summed E-state index contributed by atoms with van der Waals surface area (Å²) in [7, 11) is -3.91. The number of rotatable bonds is 8. The van der Waals surface area contributed by atoms with Gasteiger partial charge in [-0.2, -0.15) is 8.42 Å². The van der Waals surface area contributed by atoms with Gasteiger partial charge in [-0.15, -0.1) is 0 Å². The first kappa shape index (κ1) is 18.2. The van der Waals surface area contributed by atoms with Crippen molar-refractivity contribution in [1.82, 2.24) is 5.32 Å². The Hall–Kier alpha value is -2.13. The molecule has 1 saturated heterocycles. The van der Waals surface area contributed by atoms with Gasteiger partial charge in [-0.3, -0.25) is 19.5 Å². The molecule has 0 aliphatic carbocycles. The van der Waals surface area contributed by atoms with Crippen LogP contribution in [0.3, 0.4) is 0 Å². The molecular weight excluding hydrogens is 336 g/mol. The minimum atomic E-state index is -3.91. The fourth-order valence-electron chi connectivity index (χ4n) is 2.26. The van der Waals surface area contributed by atoms with Crippen molar-refractivity contribution in [3.05, 3.63) is 24.3 Å². The van der Waals surface area contributed by atoms with E-state index in [1.807, 2.05) is 0 Å². The molecule has 8 nitrogen and oxygen atoms in total. The van der Waals surface area contributed by atoms with E-state index < -0.39 is 16.2 Å².